The number of hydrogen-bond acceptors (Lipinski definition) is 4. The highest BCUT2D eigenvalue weighted by atomic mass is 16.7. The van der Waals surface area contributed by atoms with Gasteiger partial charge in [-0.2, -0.15) is 5.26 Å². The Hall–Kier alpha value is -1.64. The third-order valence-corrected chi connectivity index (χ3v) is 3.82. The van der Waals surface area contributed by atoms with Crippen molar-refractivity contribution in [1.82, 2.24) is 4.98 Å². The third-order valence-electron chi connectivity index (χ3n) is 3.82. The van der Waals surface area contributed by atoms with Crippen LogP contribution in [0.5, 0.6) is 0 Å². The Labute approximate surface area is 114 Å². The smallest absolute Gasteiger partial charge is 0.399 e. The number of nitriles is 1. The number of pyridine rings is 1. The van der Waals surface area contributed by atoms with Crippen LogP contribution in [-0.2, 0) is 9.31 Å². The second-order valence-electron chi connectivity index (χ2n) is 5.56. The molecule has 0 N–H and O–H groups in total. The zero-order chi connectivity index (χ0) is 14.3. The van der Waals surface area contributed by atoms with Crippen molar-refractivity contribution in [1.29, 1.82) is 5.26 Å². The zero-order valence-electron chi connectivity index (χ0n) is 11.7. The van der Waals surface area contributed by atoms with Crippen LogP contribution in [0.15, 0.2) is 18.8 Å². The Kier molecular flexibility index (Phi) is 3.25. The normalized spacial score (nSPS) is 20.1. The van der Waals surface area contributed by atoms with Crippen molar-refractivity contribution < 1.29 is 9.31 Å². The summed E-state index contributed by atoms with van der Waals surface area (Å²) in [6, 6.07) is 3.81. The second kappa shape index (κ2) is 4.48. The van der Waals surface area contributed by atoms with E-state index < -0.39 is 18.3 Å². The molecule has 4 nitrogen and oxygen atoms in total. The van der Waals surface area contributed by atoms with Gasteiger partial charge in [0.2, 0.25) is 0 Å². The van der Waals surface area contributed by atoms with E-state index in [2.05, 4.69) is 17.6 Å². The Bertz CT molecular complexity index is 545. The van der Waals surface area contributed by atoms with Crippen molar-refractivity contribution in [3.63, 3.8) is 0 Å². The Morgan fingerprint density at radius 3 is 2.37 bits per heavy atom. The monoisotopic (exact) mass is 256 g/mol. The van der Waals surface area contributed by atoms with Crippen LogP contribution in [0, 0.1) is 11.3 Å². The highest BCUT2D eigenvalue weighted by molar-refractivity contribution is 6.63. The van der Waals surface area contributed by atoms with Crippen LogP contribution >= 0.6 is 0 Å². The number of aromatic nitrogens is 1. The molecular weight excluding hydrogens is 239 g/mol. The van der Waals surface area contributed by atoms with Gasteiger partial charge in [-0.1, -0.05) is 6.58 Å². The molecule has 0 radical (unpaired) electrons. The number of rotatable bonds is 2. The number of nitrogens with zero attached hydrogens (tertiary/aromatic N) is 2. The quantitative estimate of drug-likeness (QED) is 0.758. The minimum Gasteiger partial charge on any atom is -0.399 e. The van der Waals surface area contributed by atoms with Crippen LogP contribution < -0.4 is 5.46 Å². The zero-order valence-corrected chi connectivity index (χ0v) is 11.7. The van der Waals surface area contributed by atoms with Gasteiger partial charge in [0.1, 0.15) is 0 Å². The molecule has 1 aliphatic rings. The standard InChI is InChI=1S/C14H17BN2O2/c1-6-11-12(10(9-16)7-8-17-11)15-18-13(2,3)14(4,5)19-15/h6-8H,1H2,2-5H3. The van der Waals surface area contributed by atoms with E-state index in [1.807, 2.05) is 27.7 Å². The molecular formula is C14H17BN2O2. The molecule has 1 aliphatic heterocycles. The van der Waals surface area contributed by atoms with Gasteiger partial charge in [0.25, 0.3) is 0 Å². The molecule has 1 saturated heterocycles. The maximum atomic E-state index is 9.24. The van der Waals surface area contributed by atoms with Gasteiger partial charge in [-0.15, -0.1) is 0 Å². The van der Waals surface area contributed by atoms with Crippen LogP contribution in [0.3, 0.4) is 0 Å². The van der Waals surface area contributed by atoms with E-state index in [4.69, 9.17) is 9.31 Å². The average Bonchev–Trinajstić information content (AvgIpc) is 2.57. The van der Waals surface area contributed by atoms with Gasteiger partial charge in [-0.25, -0.2) is 0 Å². The molecule has 98 valence electrons. The predicted molar refractivity (Wildman–Crippen MR) is 74.8 cm³/mol. The van der Waals surface area contributed by atoms with Crippen molar-refractivity contribution in [3.8, 4) is 6.07 Å². The molecule has 0 unspecified atom stereocenters. The van der Waals surface area contributed by atoms with Gasteiger partial charge >= 0.3 is 7.12 Å². The fraction of sp³-hybridized carbons (Fsp3) is 0.429. The average molecular weight is 256 g/mol. The predicted octanol–water partition coefficient (Wildman–Crippen LogP) is 1.90. The fourth-order valence-electron chi connectivity index (χ4n) is 1.96. The van der Waals surface area contributed by atoms with Gasteiger partial charge in [-0.05, 0) is 39.8 Å². The SMILES string of the molecule is C=Cc1nccc(C#N)c1B1OC(C)(C)C(C)(C)O1. The third kappa shape index (κ3) is 2.18. The van der Waals surface area contributed by atoms with Gasteiger partial charge < -0.3 is 9.31 Å². The van der Waals surface area contributed by atoms with Gasteiger partial charge in [0.15, 0.2) is 0 Å². The summed E-state index contributed by atoms with van der Waals surface area (Å²) in [7, 11) is -0.596. The van der Waals surface area contributed by atoms with Crippen LogP contribution in [-0.4, -0.2) is 23.3 Å². The molecule has 0 amide bonds. The Morgan fingerprint density at radius 2 is 1.89 bits per heavy atom. The molecule has 0 aliphatic carbocycles. The van der Waals surface area contributed by atoms with E-state index >= 15 is 0 Å². The van der Waals surface area contributed by atoms with Crippen molar-refractivity contribution in [2.24, 2.45) is 0 Å². The summed E-state index contributed by atoms with van der Waals surface area (Å²) >= 11 is 0. The van der Waals surface area contributed by atoms with Crippen LogP contribution in [0.4, 0.5) is 0 Å². The van der Waals surface area contributed by atoms with E-state index in [0.29, 0.717) is 16.7 Å². The lowest BCUT2D eigenvalue weighted by atomic mass is 9.75. The fourth-order valence-corrected chi connectivity index (χ4v) is 1.96. The maximum absolute atomic E-state index is 9.24. The van der Waals surface area contributed by atoms with E-state index in [-0.39, 0.29) is 0 Å². The molecule has 0 spiro atoms. The van der Waals surface area contributed by atoms with Gasteiger partial charge in [-0.3, -0.25) is 4.98 Å². The lowest BCUT2D eigenvalue weighted by Crippen LogP contribution is -2.41. The summed E-state index contributed by atoms with van der Waals surface area (Å²) in [5.41, 5.74) is 0.886. The van der Waals surface area contributed by atoms with Crippen LogP contribution in [0.2, 0.25) is 0 Å². The molecule has 2 rings (SSSR count). The maximum Gasteiger partial charge on any atom is 0.498 e. The summed E-state index contributed by atoms with van der Waals surface area (Å²) in [6.45, 7) is 11.6. The molecule has 0 atom stereocenters. The minimum absolute atomic E-state index is 0.446. The Morgan fingerprint density at radius 1 is 1.32 bits per heavy atom. The number of hydrogen-bond donors (Lipinski definition) is 0. The first-order valence-electron chi connectivity index (χ1n) is 6.19. The molecule has 1 aromatic heterocycles. The molecule has 0 saturated carbocycles. The largest absolute Gasteiger partial charge is 0.498 e. The van der Waals surface area contributed by atoms with Gasteiger partial charge in [0, 0.05) is 11.7 Å². The first-order valence-corrected chi connectivity index (χ1v) is 6.19. The van der Waals surface area contributed by atoms with E-state index in [1.165, 1.54) is 0 Å². The lowest BCUT2D eigenvalue weighted by Gasteiger charge is -2.32. The molecule has 19 heavy (non-hydrogen) atoms. The second-order valence-corrected chi connectivity index (χ2v) is 5.56. The lowest BCUT2D eigenvalue weighted by molar-refractivity contribution is 0.00578. The summed E-state index contributed by atoms with van der Waals surface area (Å²) in [5, 5.41) is 9.24. The van der Waals surface area contributed by atoms with Crippen molar-refractivity contribution in [2.45, 2.75) is 38.9 Å². The first-order chi connectivity index (χ1) is 8.82. The minimum atomic E-state index is -0.596. The van der Waals surface area contributed by atoms with E-state index in [0.717, 1.165) is 0 Å². The molecule has 1 aromatic rings. The summed E-state index contributed by atoms with van der Waals surface area (Å²) in [4.78, 5) is 4.22. The van der Waals surface area contributed by atoms with Crippen LogP contribution in [0.1, 0.15) is 39.0 Å². The first kappa shape index (κ1) is 13.8. The molecule has 1 fully saturated rings. The van der Waals surface area contributed by atoms with Crippen molar-refractivity contribution in [2.75, 3.05) is 0 Å². The van der Waals surface area contributed by atoms with E-state index in [9.17, 15) is 5.26 Å². The summed E-state index contributed by atoms with van der Waals surface area (Å²) in [5.74, 6) is 0. The molecule has 5 heteroatoms. The molecule has 0 aromatic carbocycles. The summed E-state index contributed by atoms with van der Waals surface area (Å²) in [6.07, 6.45) is 3.20. The highest BCUT2D eigenvalue weighted by Crippen LogP contribution is 2.36. The van der Waals surface area contributed by atoms with Gasteiger partial charge in [0.05, 0.1) is 28.5 Å². The van der Waals surface area contributed by atoms with Crippen molar-refractivity contribution >= 4 is 18.7 Å². The summed E-state index contributed by atoms with van der Waals surface area (Å²) < 4.78 is 11.9. The van der Waals surface area contributed by atoms with E-state index in [1.54, 1.807) is 18.3 Å². The van der Waals surface area contributed by atoms with Crippen LogP contribution in [0.25, 0.3) is 6.08 Å². The van der Waals surface area contributed by atoms with Crippen molar-refractivity contribution in [3.05, 3.63) is 30.1 Å². The topological polar surface area (TPSA) is 55.1 Å². The Balaban J connectivity index is 2.51. The molecule has 0 bridgehead atoms. The molecule has 2 heterocycles. The highest BCUT2D eigenvalue weighted by Gasteiger charge is 2.52.